The summed E-state index contributed by atoms with van der Waals surface area (Å²) in [5.74, 6) is -0.229. The second kappa shape index (κ2) is 7.09. The normalized spacial score (nSPS) is 10.7. The third kappa shape index (κ3) is 3.26. The highest BCUT2D eigenvalue weighted by Gasteiger charge is 2.27. The van der Waals surface area contributed by atoms with Crippen molar-refractivity contribution in [2.75, 3.05) is 18.6 Å². The summed E-state index contributed by atoms with van der Waals surface area (Å²) in [6.07, 6.45) is 1.27. The largest absolute Gasteiger partial charge is 0.465 e. The van der Waals surface area contributed by atoms with Crippen LogP contribution in [-0.4, -0.2) is 30.5 Å². The Morgan fingerprint density at radius 2 is 2.00 bits per heavy atom. The van der Waals surface area contributed by atoms with Gasteiger partial charge in [0.15, 0.2) is 12.1 Å². The van der Waals surface area contributed by atoms with Crippen LogP contribution >= 0.6 is 0 Å². The number of carbonyl (C=O) groups excluding carboxylic acids is 2. The lowest BCUT2D eigenvalue weighted by Crippen LogP contribution is -2.33. The van der Waals surface area contributed by atoms with Gasteiger partial charge >= 0.3 is 5.97 Å². The van der Waals surface area contributed by atoms with Gasteiger partial charge < -0.3 is 14.1 Å². The molecule has 0 N–H and O–H groups in total. The number of rotatable bonds is 5. The summed E-state index contributed by atoms with van der Waals surface area (Å²) in [6.45, 7) is 6.07. The fourth-order valence-electron chi connectivity index (χ4n) is 2.37. The highest BCUT2D eigenvalue weighted by molar-refractivity contribution is 6.09. The molecule has 0 radical (unpaired) electrons. The van der Waals surface area contributed by atoms with Crippen molar-refractivity contribution in [3.05, 3.63) is 47.7 Å². The van der Waals surface area contributed by atoms with Crippen LogP contribution in [0.4, 0.5) is 5.69 Å². The Labute approximate surface area is 135 Å². The Hall–Kier alpha value is -2.63. The van der Waals surface area contributed by atoms with Gasteiger partial charge in [0.25, 0.3) is 5.91 Å². The van der Waals surface area contributed by atoms with Gasteiger partial charge in [-0.2, -0.15) is 0 Å². The van der Waals surface area contributed by atoms with E-state index in [9.17, 15) is 9.59 Å². The first-order valence-electron chi connectivity index (χ1n) is 7.43. The summed E-state index contributed by atoms with van der Waals surface area (Å²) < 4.78 is 10.1. The summed E-state index contributed by atoms with van der Waals surface area (Å²) in [7, 11) is 1.31. The van der Waals surface area contributed by atoms with Crippen LogP contribution in [0.25, 0.3) is 0 Å². The molecule has 1 aromatic carbocycles. The van der Waals surface area contributed by atoms with Gasteiger partial charge in [-0.15, -0.1) is 0 Å². The van der Waals surface area contributed by atoms with Crippen molar-refractivity contribution >= 4 is 17.6 Å². The van der Waals surface area contributed by atoms with Gasteiger partial charge in [0.1, 0.15) is 5.76 Å². The minimum Gasteiger partial charge on any atom is -0.465 e. The predicted octanol–water partition coefficient (Wildman–Crippen LogP) is 3.25. The maximum absolute atomic E-state index is 12.9. The lowest BCUT2D eigenvalue weighted by Gasteiger charge is -2.22. The number of aromatic nitrogens is 1. The number of esters is 1. The molecule has 0 saturated carbocycles. The third-order valence-electron chi connectivity index (χ3n) is 3.48. The van der Waals surface area contributed by atoms with Crippen molar-refractivity contribution in [3.63, 3.8) is 0 Å². The van der Waals surface area contributed by atoms with Crippen molar-refractivity contribution in [1.82, 2.24) is 4.98 Å². The van der Waals surface area contributed by atoms with Crippen LogP contribution in [0.3, 0.4) is 0 Å². The third-order valence-corrected chi connectivity index (χ3v) is 3.48. The zero-order valence-electron chi connectivity index (χ0n) is 13.7. The maximum atomic E-state index is 12.9. The number of oxazole rings is 1. The Kier molecular flexibility index (Phi) is 5.16. The molecule has 2 aromatic rings. The van der Waals surface area contributed by atoms with Gasteiger partial charge in [-0.05, 0) is 19.1 Å². The molecule has 122 valence electrons. The van der Waals surface area contributed by atoms with Gasteiger partial charge in [-0.25, -0.2) is 9.78 Å². The van der Waals surface area contributed by atoms with Gasteiger partial charge in [-0.1, -0.05) is 26.0 Å². The second-order valence-corrected chi connectivity index (χ2v) is 5.28. The molecule has 0 aliphatic heterocycles. The van der Waals surface area contributed by atoms with E-state index in [0.29, 0.717) is 23.6 Å². The number of benzene rings is 1. The zero-order chi connectivity index (χ0) is 17.0. The molecule has 0 saturated heterocycles. The molecular formula is C17H20N2O4. The summed E-state index contributed by atoms with van der Waals surface area (Å²) in [4.78, 5) is 30.4. The van der Waals surface area contributed by atoms with E-state index in [1.165, 1.54) is 18.4 Å². The van der Waals surface area contributed by atoms with E-state index in [0.717, 1.165) is 0 Å². The summed E-state index contributed by atoms with van der Waals surface area (Å²) in [6, 6.07) is 6.83. The van der Waals surface area contributed by atoms with Gasteiger partial charge in [0.05, 0.1) is 18.4 Å². The number of anilines is 1. The first kappa shape index (κ1) is 16.7. The molecule has 6 nitrogen and oxygen atoms in total. The molecule has 0 aliphatic carbocycles. The summed E-state index contributed by atoms with van der Waals surface area (Å²) in [5, 5.41) is 0. The molecule has 0 atom stereocenters. The smallest absolute Gasteiger partial charge is 0.339 e. The fraction of sp³-hybridized carbons (Fsp3) is 0.353. The van der Waals surface area contributed by atoms with Crippen molar-refractivity contribution in [1.29, 1.82) is 0 Å². The predicted molar refractivity (Wildman–Crippen MR) is 85.7 cm³/mol. The average molecular weight is 316 g/mol. The quantitative estimate of drug-likeness (QED) is 0.792. The number of para-hydroxylation sites is 1. The zero-order valence-corrected chi connectivity index (χ0v) is 13.7. The number of hydrogen-bond donors (Lipinski definition) is 0. The van der Waals surface area contributed by atoms with Crippen LogP contribution < -0.4 is 4.90 Å². The van der Waals surface area contributed by atoms with Crippen LogP contribution in [0.2, 0.25) is 0 Å². The van der Waals surface area contributed by atoms with Gasteiger partial charge in [0.2, 0.25) is 0 Å². The Morgan fingerprint density at radius 3 is 2.61 bits per heavy atom. The molecule has 0 aliphatic rings. The highest BCUT2D eigenvalue weighted by Crippen LogP contribution is 2.25. The number of ether oxygens (including phenoxy) is 1. The topological polar surface area (TPSA) is 72.6 Å². The molecule has 1 aromatic heterocycles. The number of carbonyl (C=O) groups is 2. The Morgan fingerprint density at radius 1 is 1.30 bits per heavy atom. The summed E-state index contributed by atoms with van der Waals surface area (Å²) >= 11 is 0. The van der Waals surface area contributed by atoms with Crippen molar-refractivity contribution in [3.8, 4) is 0 Å². The van der Waals surface area contributed by atoms with E-state index < -0.39 is 5.97 Å². The number of methoxy groups -OCH3 is 1. The molecular weight excluding hydrogens is 296 g/mol. The van der Waals surface area contributed by atoms with Crippen molar-refractivity contribution in [2.45, 2.75) is 26.7 Å². The Bertz CT molecular complexity index is 706. The molecule has 1 amide bonds. The van der Waals surface area contributed by atoms with Crippen molar-refractivity contribution in [2.24, 2.45) is 0 Å². The van der Waals surface area contributed by atoms with Crippen LogP contribution in [0, 0.1) is 0 Å². The van der Waals surface area contributed by atoms with Crippen LogP contribution in [0.15, 0.2) is 35.1 Å². The SMILES string of the molecule is CCN(C(=O)c1ncoc1C(C)C)c1ccccc1C(=O)OC. The van der Waals surface area contributed by atoms with E-state index in [4.69, 9.17) is 9.15 Å². The van der Waals surface area contributed by atoms with Crippen LogP contribution in [0.5, 0.6) is 0 Å². The minimum atomic E-state index is -0.490. The van der Waals surface area contributed by atoms with Crippen molar-refractivity contribution < 1.29 is 18.7 Å². The standard InChI is InChI=1S/C17H20N2O4/c1-5-19(13-9-7-6-8-12(13)17(21)22-4)16(20)14-15(11(2)3)23-10-18-14/h6-11H,5H2,1-4H3. The maximum Gasteiger partial charge on any atom is 0.339 e. The first-order valence-corrected chi connectivity index (χ1v) is 7.43. The molecule has 6 heteroatoms. The molecule has 0 bridgehead atoms. The summed E-state index contributed by atoms with van der Waals surface area (Å²) in [5.41, 5.74) is 1.09. The number of hydrogen-bond acceptors (Lipinski definition) is 5. The minimum absolute atomic E-state index is 0.0333. The molecule has 0 unspecified atom stereocenters. The molecule has 23 heavy (non-hydrogen) atoms. The average Bonchev–Trinajstić information content (AvgIpc) is 3.05. The van der Waals surface area contributed by atoms with E-state index in [1.54, 1.807) is 24.3 Å². The van der Waals surface area contributed by atoms with E-state index in [2.05, 4.69) is 4.98 Å². The lowest BCUT2D eigenvalue weighted by atomic mass is 10.1. The lowest BCUT2D eigenvalue weighted by molar-refractivity contribution is 0.0601. The first-order chi connectivity index (χ1) is 11.0. The van der Waals surface area contributed by atoms with Crippen LogP contribution in [-0.2, 0) is 4.74 Å². The molecule has 0 fully saturated rings. The van der Waals surface area contributed by atoms with E-state index in [1.807, 2.05) is 20.8 Å². The van der Waals surface area contributed by atoms with E-state index >= 15 is 0 Å². The van der Waals surface area contributed by atoms with Gasteiger partial charge in [0, 0.05) is 12.5 Å². The second-order valence-electron chi connectivity index (χ2n) is 5.28. The fourth-order valence-corrected chi connectivity index (χ4v) is 2.37. The number of nitrogens with zero attached hydrogens (tertiary/aromatic N) is 2. The monoisotopic (exact) mass is 316 g/mol. The highest BCUT2D eigenvalue weighted by atomic mass is 16.5. The molecule has 2 rings (SSSR count). The molecule has 1 heterocycles. The van der Waals surface area contributed by atoms with Crippen LogP contribution in [0.1, 0.15) is 53.3 Å². The number of amides is 1. The Balaban J connectivity index is 2.46. The molecule has 0 spiro atoms. The van der Waals surface area contributed by atoms with E-state index in [-0.39, 0.29) is 17.5 Å². The van der Waals surface area contributed by atoms with Gasteiger partial charge in [-0.3, -0.25) is 4.79 Å².